The normalized spacial score (nSPS) is 14.5. The van der Waals surface area contributed by atoms with E-state index in [1.54, 1.807) is 17.0 Å². The number of para-hydroxylation sites is 1. The van der Waals surface area contributed by atoms with Crippen molar-refractivity contribution < 1.29 is 18.7 Å². The predicted molar refractivity (Wildman–Crippen MR) is 109 cm³/mol. The summed E-state index contributed by atoms with van der Waals surface area (Å²) >= 11 is 0. The lowest BCUT2D eigenvalue weighted by Crippen LogP contribution is -2.51. The van der Waals surface area contributed by atoms with Gasteiger partial charge in [0, 0.05) is 31.9 Å². The van der Waals surface area contributed by atoms with Gasteiger partial charge in [0.2, 0.25) is 5.91 Å². The van der Waals surface area contributed by atoms with Crippen molar-refractivity contribution in [2.75, 3.05) is 44.6 Å². The van der Waals surface area contributed by atoms with E-state index in [2.05, 4.69) is 5.32 Å². The molecule has 1 saturated heterocycles. The Kier molecular flexibility index (Phi) is 6.82. The van der Waals surface area contributed by atoms with Crippen molar-refractivity contribution in [2.45, 2.75) is 13.8 Å². The molecular formula is C22H26FN3O3. The number of benzene rings is 2. The highest BCUT2D eigenvalue weighted by molar-refractivity contribution is 5.93. The average Bonchev–Trinajstić information content (AvgIpc) is 2.71. The van der Waals surface area contributed by atoms with Crippen molar-refractivity contribution in [2.24, 2.45) is 0 Å². The summed E-state index contributed by atoms with van der Waals surface area (Å²) in [7, 11) is 0. The molecule has 0 atom stereocenters. The monoisotopic (exact) mass is 399 g/mol. The van der Waals surface area contributed by atoms with Gasteiger partial charge in [0.15, 0.2) is 18.2 Å². The zero-order valence-corrected chi connectivity index (χ0v) is 16.8. The number of aryl methyl sites for hydroxylation is 1. The molecule has 1 heterocycles. The van der Waals surface area contributed by atoms with Crippen molar-refractivity contribution in [3.8, 4) is 5.75 Å². The van der Waals surface area contributed by atoms with Crippen LogP contribution >= 0.6 is 0 Å². The van der Waals surface area contributed by atoms with E-state index in [-0.39, 0.29) is 30.7 Å². The molecule has 0 aromatic heterocycles. The van der Waals surface area contributed by atoms with Crippen LogP contribution in [0.2, 0.25) is 0 Å². The lowest BCUT2D eigenvalue weighted by molar-refractivity contribution is -0.135. The van der Waals surface area contributed by atoms with Gasteiger partial charge in [0.1, 0.15) is 0 Å². The van der Waals surface area contributed by atoms with Gasteiger partial charge >= 0.3 is 0 Å². The van der Waals surface area contributed by atoms with Gasteiger partial charge in [-0.3, -0.25) is 14.5 Å². The Labute approximate surface area is 170 Å². The molecule has 29 heavy (non-hydrogen) atoms. The van der Waals surface area contributed by atoms with Crippen LogP contribution in [0.1, 0.15) is 11.1 Å². The minimum Gasteiger partial charge on any atom is -0.481 e. The topological polar surface area (TPSA) is 61.9 Å². The van der Waals surface area contributed by atoms with Gasteiger partial charge in [-0.05, 0) is 43.2 Å². The molecule has 1 N–H and O–H groups in total. The van der Waals surface area contributed by atoms with Crippen molar-refractivity contribution in [3.05, 3.63) is 59.4 Å². The molecule has 1 aliphatic heterocycles. The fourth-order valence-electron chi connectivity index (χ4n) is 3.23. The molecule has 1 fully saturated rings. The number of nitrogens with one attached hydrogen (secondary N) is 1. The smallest absolute Gasteiger partial charge is 0.260 e. The molecule has 0 unspecified atom stereocenters. The van der Waals surface area contributed by atoms with Crippen LogP contribution in [0.4, 0.5) is 10.1 Å². The first-order valence-electron chi connectivity index (χ1n) is 9.67. The molecule has 2 aromatic carbocycles. The molecule has 0 spiro atoms. The number of amides is 2. The van der Waals surface area contributed by atoms with E-state index in [9.17, 15) is 14.0 Å². The summed E-state index contributed by atoms with van der Waals surface area (Å²) in [4.78, 5) is 28.4. The van der Waals surface area contributed by atoms with Crippen molar-refractivity contribution in [1.29, 1.82) is 0 Å². The second kappa shape index (κ2) is 9.52. The third-order valence-corrected chi connectivity index (χ3v) is 5.16. The highest BCUT2D eigenvalue weighted by atomic mass is 19.1. The van der Waals surface area contributed by atoms with Gasteiger partial charge in [-0.2, -0.15) is 0 Å². The third kappa shape index (κ3) is 5.54. The Balaban J connectivity index is 1.43. The molecule has 1 aliphatic rings. The molecule has 154 valence electrons. The zero-order valence-electron chi connectivity index (χ0n) is 16.8. The number of hydrogen-bond acceptors (Lipinski definition) is 4. The first-order chi connectivity index (χ1) is 13.9. The number of hydrogen-bond donors (Lipinski definition) is 1. The lowest BCUT2D eigenvalue weighted by Gasteiger charge is -2.34. The minimum absolute atomic E-state index is 0.0682. The molecule has 7 heteroatoms. The summed E-state index contributed by atoms with van der Waals surface area (Å²) in [6.45, 7) is 6.30. The van der Waals surface area contributed by atoms with Crippen LogP contribution in [-0.4, -0.2) is 60.9 Å². The van der Waals surface area contributed by atoms with Crippen molar-refractivity contribution in [1.82, 2.24) is 9.80 Å². The first-order valence-corrected chi connectivity index (χ1v) is 9.67. The van der Waals surface area contributed by atoms with E-state index < -0.39 is 5.82 Å². The number of ether oxygens (including phenoxy) is 1. The molecule has 0 bridgehead atoms. The Morgan fingerprint density at radius 1 is 1.03 bits per heavy atom. The van der Waals surface area contributed by atoms with Crippen LogP contribution in [0.3, 0.4) is 0 Å². The summed E-state index contributed by atoms with van der Waals surface area (Å²) < 4.78 is 18.9. The number of carbonyl (C=O) groups is 2. The van der Waals surface area contributed by atoms with Gasteiger partial charge in [-0.25, -0.2) is 4.39 Å². The standard InChI is InChI=1S/C22H26FN3O3/c1-16-6-5-8-19(17(16)2)24-21(27)14-25-10-12-26(13-11-25)22(28)15-29-20-9-4-3-7-18(20)23/h3-9H,10-15H2,1-2H3,(H,24,27). The van der Waals surface area contributed by atoms with E-state index in [1.165, 1.54) is 12.1 Å². The van der Waals surface area contributed by atoms with E-state index in [0.717, 1.165) is 16.8 Å². The predicted octanol–water partition coefficient (Wildman–Crippen LogP) is 2.60. The number of halogens is 1. The number of rotatable bonds is 6. The molecule has 6 nitrogen and oxygen atoms in total. The Morgan fingerprint density at radius 2 is 1.76 bits per heavy atom. The molecule has 0 saturated carbocycles. The lowest BCUT2D eigenvalue weighted by atomic mass is 10.1. The molecule has 2 amide bonds. The summed E-state index contributed by atoms with van der Waals surface area (Å²) in [5, 5.41) is 2.96. The van der Waals surface area contributed by atoms with Crippen LogP contribution in [0.25, 0.3) is 0 Å². The maximum Gasteiger partial charge on any atom is 0.260 e. The van der Waals surface area contributed by atoms with Crippen LogP contribution in [0.5, 0.6) is 5.75 Å². The minimum atomic E-state index is -0.486. The SMILES string of the molecule is Cc1cccc(NC(=O)CN2CCN(C(=O)COc3ccccc3F)CC2)c1C. The van der Waals surface area contributed by atoms with E-state index in [4.69, 9.17) is 4.74 Å². The van der Waals surface area contributed by atoms with Crippen molar-refractivity contribution >= 4 is 17.5 Å². The first kappa shape index (κ1) is 20.8. The van der Waals surface area contributed by atoms with E-state index in [0.29, 0.717) is 26.2 Å². The summed E-state index contributed by atoms with van der Waals surface area (Å²) in [5.74, 6) is -0.670. The molecule has 0 aliphatic carbocycles. The van der Waals surface area contributed by atoms with Gasteiger partial charge in [-0.15, -0.1) is 0 Å². The second-order valence-electron chi connectivity index (χ2n) is 7.17. The van der Waals surface area contributed by atoms with Crippen LogP contribution in [0.15, 0.2) is 42.5 Å². The number of piperazine rings is 1. The Bertz CT molecular complexity index is 879. The fourth-order valence-corrected chi connectivity index (χ4v) is 3.23. The molecular weight excluding hydrogens is 373 g/mol. The largest absolute Gasteiger partial charge is 0.481 e. The summed E-state index contributed by atoms with van der Waals surface area (Å²) in [6, 6.07) is 11.8. The quantitative estimate of drug-likeness (QED) is 0.811. The van der Waals surface area contributed by atoms with Gasteiger partial charge < -0.3 is 15.0 Å². The Morgan fingerprint density at radius 3 is 2.48 bits per heavy atom. The zero-order chi connectivity index (χ0) is 20.8. The second-order valence-corrected chi connectivity index (χ2v) is 7.17. The average molecular weight is 399 g/mol. The number of carbonyl (C=O) groups excluding carboxylic acids is 2. The third-order valence-electron chi connectivity index (χ3n) is 5.16. The molecule has 0 radical (unpaired) electrons. The summed E-state index contributed by atoms with van der Waals surface area (Å²) in [6.07, 6.45) is 0. The molecule has 3 rings (SSSR count). The molecule has 2 aromatic rings. The maximum absolute atomic E-state index is 13.6. The number of anilines is 1. The van der Waals surface area contributed by atoms with E-state index >= 15 is 0 Å². The van der Waals surface area contributed by atoms with E-state index in [1.807, 2.05) is 36.9 Å². The summed E-state index contributed by atoms with van der Waals surface area (Å²) in [5.41, 5.74) is 3.02. The van der Waals surface area contributed by atoms with Crippen molar-refractivity contribution in [3.63, 3.8) is 0 Å². The van der Waals surface area contributed by atoms with Crippen LogP contribution in [0, 0.1) is 19.7 Å². The highest BCUT2D eigenvalue weighted by Crippen LogP contribution is 2.18. The number of nitrogens with zero attached hydrogens (tertiary/aromatic N) is 2. The van der Waals surface area contributed by atoms with Gasteiger partial charge in [0.25, 0.3) is 5.91 Å². The highest BCUT2D eigenvalue weighted by Gasteiger charge is 2.23. The van der Waals surface area contributed by atoms with Gasteiger partial charge in [0.05, 0.1) is 6.54 Å². The van der Waals surface area contributed by atoms with Crippen LogP contribution in [-0.2, 0) is 9.59 Å². The fraction of sp³-hybridized carbons (Fsp3) is 0.364. The maximum atomic E-state index is 13.6. The Hall–Kier alpha value is -2.93. The van der Waals surface area contributed by atoms with Crippen LogP contribution < -0.4 is 10.1 Å². The van der Waals surface area contributed by atoms with Gasteiger partial charge in [-0.1, -0.05) is 24.3 Å².